The number of nitrogens with zero attached hydrogens (tertiary/aromatic N) is 2. The van der Waals surface area contributed by atoms with Gasteiger partial charge in [0.05, 0.1) is 17.2 Å². The van der Waals surface area contributed by atoms with E-state index in [1.807, 2.05) is 24.3 Å². The highest BCUT2D eigenvalue weighted by Gasteiger charge is 2.13. The van der Waals surface area contributed by atoms with Gasteiger partial charge in [0.25, 0.3) is 0 Å². The first kappa shape index (κ1) is 14.7. The maximum atomic E-state index is 13.0. The first-order chi connectivity index (χ1) is 11.1. The van der Waals surface area contributed by atoms with Gasteiger partial charge in [-0.25, -0.2) is 4.39 Å². The zero-order valence-electron chi connectivity index (χ0n) is 12.5. The molecular formula is C19H13FN2O. The van der Waals surface area contributed by atoms with Crippen molar-refractivity contribution in [1.29, 1.82) is 5.26 Å². The van der Waals surface area contributed by atoms with Crippen LogP contribution in [-0.2, 0) is 0 Å². The largest absolute Gasteiger partial charge is 0.287 e. The third-order valence-electron chi connectivity index (χ3n) is 3.64. The Kier molecular flexibility index (Phi) is 3.78. The van der Waals surface area contributed by atoms with Crippen LogP contribution < -0.4 is 0 Å². The van der Waals surface area contributed by atoms with Crippen molar-refractivity contribution in [2.45, 2.75) is 6.92 Å². The second kappa shape index (κ2) is 5.90. The SMILES string of the molecule is CC(=O)n1cc(/C(C#N)=C/c2ccc(F)cc2)c2ccccc21. The lowest BCUT2D eigenvalue weighted by atomic mass is 10.0. The first-order valence-corrected chi connectivity index (χ1v) is 7.09. The molecule has 0 saturated heterocycles. The van der Waals surface area contributed by atoms with E-state index in [2.05, 4.69) is 6.07 Å². The van der Waals surface area contributed by atoms with E-state index in [1.165, 1.54) is 23.6 Å². The van der Waals surface area contributed by atoms with E-state index in [0.717, 1.165) is 16.5 Å². The number of hydrogen-bond donors (Lipinski definition) is 0. The molecule has 3 aromatic rings. The third kappa shape index (κ3) is 2.77. The maximum Gasteiger partial charge on any atom is 0.227 e. The lowest BCUT2D eigenvalue weighted by Crippen LogP contribution is -2.02. The number of carbonyl (C=O) groups excluding carboxylic acids is 1. The van der Waals surface area contributed by atoms with Gasteiger partial charge in [0.2, 0.25) is 5.91 Å². The molecule has 112 valence electrons. The van der Waals surface area contributed by atoms with Crippen molar-refractivity contribution in [3.8, 4) is 6.07 Å². The Bertz CT molecular complexity index is 959. The van der Waals surface area contributed by atoms with Crippen molar-refractivity contribution in [3.05, 3.63) is 71.7 Å². The summed E-state index contributed by atoms with van der Waals surface area (Å²) >= 11 is 0. The summed E-state index contributed by atoms with van der Waals surface area (Å²) in [5.41, 5.74) is 2.59. The predicted octanol–water partition coefficient (Wildman–Crippen LogP) is 4.50. The van der Waals surface area contributed by atoms with Crippen LogP contribution >= 0.6 is 0 Å². The van der Waals surface area contributed by atoms with E-state index in [0.29, 0.717) is 11.1 Å². The number of benzene rings is 2. The monoisotopic (exact) mass is 304 g/mol. The molecule has 4 heteroatoms. The topological polar surface area (TPSA) is 45.8 Å². The van der Waals surface area contributed by atoms with E-state index in [-0.39, 0.29) is 11.7 Å². The summed E-state index contributed by atoms with van der Waals surface area (Å²) < 4.78 is 14.5. The van der Waals surface area contributed by atoms with Gasteiger partial charge in [-0.3, -0.25) is 9.36 Å². The van der Waals surface area contributed by atoms with Crippen LogP contribution in [0.2, 0.25) is 0 Å². The maximum absolute atomic E-state index is 13.0. The van der Waals surface area contributed by atoms with Crippen LogP contribution in [0.1, 0.15) is 22.8 Å². The fraction of sp³-hybridized carbons (Fsp3) is 0.0526. The average molecular weight is 304 g/mol. The summed E-state index contributed by atoms with van der Waals surface area (Å²) in [4.78, 5) is 11.8. The van der Waals surface area contributed by atoms with Crippen LogP contribution in [0.25, 0.3) is 22.6 Å². The highest BCUT2D eigenvalue weighted by atomic mass is 19.1. The molecular weight excluding hydrogens is 291 g/mol. The highest BCUT2D eigenvalue weighted by molar-refractivity contribution is 6.04. The summed E-state index contributed by atoms with van der Waals surface area (Å²) in [6, 6.07) is 15.5. The Morgan fingerprint density at radius 3 is 2.52 bits per heavy atom. The van der Waals surface area contributed by atoms with Gasteiger partial charge in [-0.15, -0.1) is 0 Å². The number of fused-ring (bicyclic) bond motifs is 1. The van der Waals surface area contributed by atoms with Crippen LogP contribution in [0.3, 0.4) is 0 Å². The van der Waals surface area contributed by atoms with Gasteiger partial charge in [-0.1, -0.05) is 30.3 Å². The number of halogens is 1. The van der Waals surface area contributed by atoms with Crippen LogP contribution in [0.5, 0.6) is 0 Å². The molecule has 0 saturated carbocycles. The van der Waals surface area contributed by atoms with E-state index in [9.17, 15) is 14.4 Å². The standard InChI is InChI=1S/C19H13FN2O/c1-13(23)22-12-18(17-4-2-3-5-19(17)22)15(11-21)10-14-6-8-16(20)9-7-14/h2-10,12H,1H3/b15-10+. The van der Waals surface area contributed by atoms with E-state index >= 15 is 0 Å². The lowest BCUT2D eigenvalue weighted by Gasteiger charge is -1.98. The van der Waals surface area contributed by atoms with E-state index in [4.69, 9.17) is 0 Å². The zero-order chi connectivity index (χ0) is 16.4. The Labute approximate surface area is 132 Å². The first-order valence-electron chi connectivity index (χ1n) is 7.09. The number of nitriles is 1. The van der Waals surface area contributed by atoms with Gasteiger partial charge in [0, 0.05) is 24.1 Å². The molecule has 0 radical (unpaired) electrons. The van der Waals surface area contributed by atoms with Crippen LogP contribution in [0, 0.1) is 17.1 Å². The van der Waals surface area contributed by atoms with Crippen LogP contribution in [0.15, 0.2) is 54.7 Å². The quantitative estimate of drug-likeness (QED) is 0.654. The molecule has 2 aromatic carbocycles. The normalized spacial score (nSPS) is 11.4. The smallest absolute Gasteiger partial charge is 0.227 e. The number of para-hydroxylation sites is 1. The van der Waals surface area contributed by atoms with Gasteiger partial charge in [0.15, 0.2) is 0 Å². The van der Waals surface area contributed by atoms with E-state index in [1.54, 1.807) is 24.4 Å². The molecule has 0 aliphatic rings. The Morgan fingerprint density at radius 2 is 1.87 bits per heavy atom. The van der Waals surface area contributed by atoms with Crippen molar-refractivity contribution in [2.75, 3.05) is 0 Å². The number of rotatable bonds is 2. The van der Waals surface area contributed by atoms with Gasteiger partial charge < -0.3 is 0 Å². The summed E-state index contributed by atoms with van der Waals surface area (Å²) in [7, 11) is 0. The summed E-state index contributed by atoms with van der Waals surface area (Å²) in [5.74, 6) is -0.444. The van der Waals surface area contributed by atoms with Gasteiger partial charge in [-0.2, -0.15) is 5.26 Å². The molecule has 3 rings (SSSR count). The molecule has 0 N–H and O–H groups in total. The molecule has 23 heavy (non-hydrogen) atoms. The predicted molar refractivity (Wildman–Crippen MR) is 88.1 cm³/mol. The fourth-order valence-electron chi connectivity index (χ4n) is 2.55. The molecule has 0 bridgehead atoms. The molecule has 0 atom stereocenters. The molecule has 1 heterocycles. The molecule has 0 amide bonds. The molecule has 0 unspecified atom stereocenters. The Balaban J connectivity index is 2.19. The van der Waals surface area contributed by atoms with Crippen molar-refractivity contribution in [1.82, 2.24) is 4.57 Å². The second-order valence-electron chi connectivity index (χ2n) is 5.17. The van der Waals surface area contributed by atoms with Gasteiger partial charge >= 0.3 is 0 Å². The van der Waals surface area contributed by atoms with Crippen molar-refractivity contribution >= 4 is 28.5 Å². The summed E-state index contributed by atoms with van der Waals surface area (Å²) in [6.07, 6.45) is 3.36. The minimum atomic E-state index is -0.325. The highest BCUT2D eigenvalue weighted by Crippen LogP contribution is 2.28. The Hall–Kier alpha value is -3.19. The number of aromatic nitrogens is 1. The summed E-state index contributed by atoms with van der Waals surface area (Å²) in [6.45, 7) is 1.48. The number of carbonyl (C=O) groups is 1. The number of hydrogen-bond acceptors (Lipinski definition) is 2. The summed E-state index contributed by atoms with van der Waals surface area (Å²) in [5, 5.41) is 10.3. The van der Waals surface area contributed by atoms with E-state index < -0.39 is 0 Å². The molecule has 1 aromatic heterocycles. The minimum absolute atomic E-state index is 0.119. The molecule has 0 aliphatic heterocycles. The average Bonchev–Trinajstić information content (AvgIpc) is 2.94. The lowest BCUT2D eigenvalue weighted by molar-refractivity contribution is 0.0941. The van der Waals surface area contributed by atoms with Crippen LogP contribution in [-0.4, -0.2) is 10.5 Å². The molecule has 0 fully saturated rings. The van der Waals surface area contributed by atoms with Crippen molar-refractivity contribution < 1.29 is 9.18 Å². The van der Waals surface area contributed by atoms with Gasteiger partial charge in [-0.05, 0) is 29.8 Å². The Morgan fingerprint density at radius 1 is 1.17 bits per heavy atom. The van der Waals surface area contributed by atoms with Crippen molar-refractivity contribution in [3.63, 3.8) is 0 Å². The fourth-order valence-corrected chi connectivity index (χ4v) is 2.55. The molecule has 0 aliphatic carbocycles. The number of allylic oxidation sites excluding steroid dienone is 1. The zero-order valence-corrected chi connectivity index (χ0v) is 12.5. The van der Waals surface area contributed by atoms with Crippen LogP contribution in [0.4, 0.5) is 4.39 Å². The van der Waals surface area contributed by atoms with Gasteiger partial charge in [0.1, 0.15) is 5.82 Å². The second-order valence-corrected chi connectivity index (χ2v) is 5.17. The van der Waals surface area contributed by atoms with Crippen molar-refractivity contribution in [2.24, 2.45) is 0 Å². The molecule has 3 nitrogen and oxygen atoms in total. The third-order valence-corrected chi connectivity index (χ3v) is 3.64. The minimum Gasteiger partial charge on any atom is -0.287 e. The molecule has 0 spiro atoms.